The Morgan fingerprint density at radius 2 is 1.82 bits per heavy atom. The molecule has 4 aromatic rings. The van der Waals surface area contributed by atoms with Crippen molar-refractivity contribution in [3.05, 3.63) is 88.7 Å². The second kappa shape index (κ2) is 10.0. The molecule has 0 aliphatic rings. The van der Waals surface area contributed by atoms with E-state index in [1.807, 2.05) is 25.2 Å². The normalized spacial score (nSPS) is 11.2. The Balaban J connectivity index is 1.70. The Kier molecular flexibility index (Phi) is 6.90. The number of fused-ring (bicyclic) bond motifs is 1. The zero-order valence-corrected chi connectivity index (χ0v) is 19.8. The van der Waals surface area contributed by atoms with Crippen molar-refractivity contribution >= 4 is 17.0 Å². The number of hydrogen-bond donors (Lipinski definition) is 1. The summed E-state index contributed by atoms with van der Waals surface area (Å²) in [6.07, 6.45) is 2.00. The summed E-state index contributed by atoms with van der Waals surface area (Å²) in [4.78, 5) is 17.2. The average Bonchev–Trinajstić information content (AvgIpc) is 3.17. The Hall–Kier alpha value is -3.44. The molecule has 0 saturated carbocycles. The summed E-state index contributed by atoms with van der Waals surface area (Å²) in [5.41, 5.74) is 8.39. The number of nitrogens with one attached hydrogen (secondary N) is 1. The molecule has 0 unspecified atom stereocenters. The number of hydrogen-bond acceptors (Lipinski definition) is 4. The molecule has 0 spiro atoms. The monoisotopic (exact) mass is 441 g/mol. The number of rotatable bonds is 8. The maximum absolute atomic E-state index is 12.2. The molecule has 33 heavy (non-hydrogen) atoms. The lowest BCUT2D eigenvalue weighted by atomic mass is 9.98. The van der Waals surface area contributed by atoms with Crippen molar-refractivity contribution in [2.45, 2.75) is 39.8 Å². The third kappa shape index (κ3) is 4.69. The molecule has 0 saturated heterocycles. The number of ether oxygens (including phenoxy) is 1. The van der Waals surface area contributed by atoms with Crippen molar-refractivity contribution in [1.82, 2.24) is 14.9 Å². The van der Waals surface area contributed by atoms with Gasteiger partial charge in [-0.15, -0.1) is 0 Å². The van der Waals surface area contributed by atoms with Crippen LogP contribution in [0.15, 0.2) is 60.7 Å². The van der Waals surface area contributed by atoms with E-state index in [0.717, 1.165) is 48.4 Å². The fourth-order valence-corrected chi connectivity index (χ4v) is 4.41. The second-order valence-electron chi connectivity index (χ2n) is 8.41. The van der Waals surface area contributed by atoms with E-state index in [-0.39, 0.29) is 5.97 Å². The molecule has 0 aliphatic heterocycles. The molecule has 5 nitrogen and oxygen atoms in total. The first-order valence-electron chi connectivity index (χ1n) is 11.5. The fraction of sp³-hybridized carbons (Fsp3) is 0.286. The van der Waals surface area contributed by atoms with Gasteiger partial charge in [0.15, 0.2) is 0 Å². The van der Waals surface area contributed by atoms with Gasteiger partial charge >= 0.3 is 5.97 Å². The Morgan fingerprint density at radius 3 is 2.52 bits per heavy atom. The Labute approximate surface area is 195 Å². The van der Waals surface area contributed by atoms with Crippen molar-refractivity contribution in [1.29, 1.82) is 0 Å². The van der Waals surface area contributed by atoms with Crippen molar-refractivity contribution in [2.24, 2.45) is 0 Å². The zero-order chi connectivity index (χ0) is 23.4. The first-order valence-corrected chi connectivity index (χ1v) is 11.5. The highest BCUT2D eigenvalue weighted by atomic mass is 16.5. The van der Waals surface area contributed by atoms with Gasteiger partial charge in [-0.2, -0.15) is 0 Å². The smallest absolute Gasteiger partial charge is 0.338 e. The van der Waals surface area contributed by atoms with Crippen molar-refractivity contribution < 1.29 is 9.53 Å². The largest absolute Gasteiger partial charge is 0.465 e. The highest BCUT2D eigenvalue weighted by molar-refractivity contribution is 5.97. The molecular formula is C28H31N3O2. The first kappa shape index (κ1) is 22.7. The molecule has 0 atom stereocenters. The van der Waals surface area contributed by atoms with Crippen LogP contribution in [0.2, 0.25) is 0 Å². The highest BCUT2D eigenvalue weighted by Crippen LogP contribution is 2.27. The van der Waals surface area contributed by atoms with Crippen LogP contribution >= 0.6 is 0 Å². The zero-order valence-electron chi connectivity index (χ0n) is 19.8. The molecule has 4 rings (SSSR count). The Morgan fingerprint density at radius 1 is 1.06 bits per heavy atom. The molecule has 0 fully saturated rings. The topological polar surface area (TPSA) is 56.2 Å². The van der Waals surface area contributed by atoms with Gasteiger partial charge in [0.2, 0.25) is 0 Å². The van der Waals surface area contributed by atoms with Crippen LogP contribution in [0.5, 0.6) is 0 Å². The van der Waals surface area contributed by atoms with Crippen LogP contribution in [0.1, 0.15) is 46.2 Å². The third-order valence-corrected chi connectivity index (χ3v) is 5.98. The van der Waals surface area contributed by atoms with Crippen LogP contribution in [0, 0.1) is 6.92 Å². The minimum absolute atomic E-state index is 0.323. The number of esters is 1. The van der Waals surface area contributed by atoms with Crippen molar-refractivity contribution in [3.63, 3.8) is 0 Å². The minimum Gasteiger partial charge on any atom is -0.465 e. The quantitative estimate of drug-likeness (QED) is 0.366. The van der Waals surface area contributed by atoms with Crippen LogP contribution in [0.25, 0.3) is 22.2 Å². The van der Waals surface area contributed by atoms with E-state index in [2.05, 4.69) is 60.1 Å². The van der Waals surface area contributed by atoms with E-state index in [1.54, 1.807) is 6.07 Å². The van der Waals surface area contributed by atoms with Crippen LogP contribution in [-0.4, -0.2) is 29.7 Å². The van der Waals surface area contributed by atoms with E-state index in [1.165, 1.54) is 29.3 Å². The van der Waals surface area contributed by atoms with Gasteiger partial charge in [0.05, 0.1) is 23.7 Å². The number of methoxy groups -OCH3 is 1. The predicted octanol–water partition coefficient (Wildman–Crippen LogP) is 5.52. The summed E-state index contributed by atoms with van der Waals surface area (Å²) in [6, 6.07) is 20.4. The van der Waals surface area contributed by atoms with E-state index in [4.69, 9.17) is 9.72 Å². The second-order valence-corrected chi connectivity index (χ2v) is 8.41. The summed E-state index contributed by atoms with van der Waals surface area (Å²) in [6.45, 7) is 5.92. The molecule has 5 heteroatoms. The van der Waals surface area contributed by atoms with Crippen LogP contribution < -0.4 is 5.32 Å². The van der Waals surface area contributed by atoms with Gasteiger partial charge in [0.1, 0.15) is 5.82 Å². The number of carbonyl (C=O) groups excluding carboxylic acids is 1. The maximum atomic E-state index is 12.2. The van der Waals surface area contributed by atoms with Crippen LogP contribution in [0.3, 0.4) is 0 Å². The number of aryl methyl sites for hydroxylation is 2. The lowest BCUT2D eigenvalue weighted by Gasteiger charge is -2.12. The van der Waals surface area contributed by atoms with Crippen LogP contribution in [0.4, 0.5) is 0 Å². The summed E-state index contributed by atoms with van der Waals surface area (Å²) in [5, 5.41) is 3.25. The van der Waals surface area contributed by atoms with E-state index < -0.39 is 0 Å². The molecule has 170 valence electrons. The van der Waals surface area contributed by atoms with E-state index in [9.17, 15) is 4.79 Å². The molecule has 1 N–H and O–H groups in total. The summed E-state index contributed by atoms with van der Waals surface area (Å²) >= 11 is 0. The molecule has 0 radical (unpaired) electrons. The van der Waals surface area contributed by atoms with Gasteiger partial charge < -0.3 is 14.6 Å². The summed E-state index contributed by atoms with van der Waals surface area (Å²) in [5.74, 6) is 0.800. The number of carbonyl (C=O) groups is 1. The number of nitrogens with zero attached hydrogens (tertiary/aromatic N) is 2. The summed E-state index contributed by atoms with van der Waals surface area (Å²) in [7, 11) is 3.38. The highest BCUT2D eigenvalue weighted by Gasteiger charge is 2.15. The molecule has 1 heterocycles. The van der Waals surface area contributed by atoms with Gasteiger partial charge in [0, 0.05) is 19.5 Å². The molecule has 0 amide bonds. The minimum atomic E-state index is -0.323. The molecular weight excluding hydrogens is 410 g/mol. The lowest BCUT2D eigenvalue weighted by Crippen LogP contribution is -2.07. The predicted molar refractivity (Wildman–Crippen MR) is 134 cm³/mol. The lowest BCUT2D eigenvalue weighted by molar-refractivity contribution is 0.0601. The SMILES string of the molecule is CCCc1nc2c(C)cc(CNC)cc2n1Cc1ccc(-c2ccccc2C(=O)OC)cc1. The number of aromatic nitrogens is 2. The van der Waals surface area contributed by atoms with Crippen LogP contribution in [-0.2, 0) is 24.2 Å². The molecule has 0 bridgehead atoms. The van der Waals surface area contributed by atoms with Gasteiger partial charge in [-0.3, -0.25) is 0 Å². The third-order valence-electron chi connectivity index (χ3n) is 5.98. The Bertz CT molecular complexity index is 1270. The van der Waals surface area contributed by atoms with Crippen molar-refractivity contribution in [2.75, 3.05) is 14.2 Å². The van der Waals surface area contributed by atoms with Gasteiger partial charge in [-0.25, -0.2) is 9.78 Å². The van der Waals surface area contributed by atoms with E-state index >= 15 is 0 Å². The summed E-state index contributed by atoms with van der Waals surface area (Å²) < 4.78 is 7.30. The standard InChI is InChI=1S/C28H31N3O2/c1-5-8-26-30-27-19(2)15-21(17-29-3)16-25(27)31(26)18-20-11-13-22(14-12-20)23-9-6-7-10-24(23)28(32)33-4/h6-7,9-16,29H,5,8,17-18H2,1-4H3. The molecule has 1 aromatic heterocycles. The maximum Gasteiger partial charge on any atom is 0.338 e. The van der Waals surface area contributed by atoms with Gasteiger partial charge in [-0.05, 0) is 60.3 Å². The van der Waals surface area contributed by atoms with Gasteiger partial charge in [-0.1, -0.05) is 55.5 Å². The number of imidazole rings is 1. The fourth-order valence-electron chi connectivity index (χ4n) is 4.41. The first-order chi connectivity index (χ1) is 16.0. The van der Waals surface area contributed by atoms with E-state index in [0.29, 0.717) is 5.56 Å². The molecule has 3 aromatic carbocycles. The average molecular weight is 442 g/mol. The van der Waals surface area contributed by atoms with Crippen molar-refractivity contribution in [3.8, 4) is 11.1 Å². The number of benzene rings is 3. The molecule has 0 aliphatic carbocycles. The van der Waals surface area contributed by atoms with Gasteiger partial charge in [0.25, 0.3) is 0 Å².